The van der Waals surface area contributed by atoms with E-state index >= 15 is 4.39 Å². The first-order chi connectivity index (χ1) is 21.4. The monoisotopic (exact) mass is 669 g/mol. The lowest BCUT2D eigenvalue weighted by molar-refractivity contribution is -0.143. The number of likely N-dealkylation sites (tertiary alicyclic amines) is 1. The maximum Gasteiger partial charge on any atom is 0.416 e. The summed E-state index contributed by atoms with van der Waals surface area (Å²) in [5.41, 5.74) is -0.275. The molecule has 2 saturated heterocycles. The van der Waals surface area contributed by atoms with Gasteiger partial charge in [-0.2, -0.15) is 17.6 Å². The number of rotatable bonds is 10. The number of halogens is 5. The van der Waals surface area contributed by atoms with Crippen LogP contribution in [0, 0.1) is 5.82 Å². The van der Waals surface area contributed by atoms with E-state index in [4.69, 9.17) is 16.3 Å². The van der Waals surface area contributed by atoms with Crippen molar-refractivity contribution in [3.8, 4) is 11.3 Å². The predicted molar refractivity (Wildman–Crippen MR) is 166 cm³/mol. The third-order valence-corrected chi connectivity index (χ3v) is 9.44. The zero-order valence-corrected chi connectivity index (χ0v) is 26.9. The molecule has 0 aliphatic carbocycles. The van der Waals surface area contributed by atoms with Gasteiger partial charge in [0.1, 0.15) is 6.33 Å². The molecule has 2 aliphatic heterocycles. The van der Waals surface area contributed by atoms with Gasteiger partial charge in [0, 0.05) is 66.8 Å². The van der Waals surface area contributed by atoms with Crippen LogP contribution in [0.25, 0.3) is 11.3 Å². The van der Waals surface area contributed by atoms with Crippen molar-refractivity contribution in [3.05, 3.63) is 45.8 Å². The first-order valence-corrected chi connectivity index (χ1v) is 16.2. The van der Waals surface area contributed by atoms with Gasteiger partial charge in [-0.1, -0.05) is 22.9 Å². The van der Waals surface area contributed by atoms with Crippen molar-refractivity contribution in [2.45, 2.75) is 64.8 Å². The van der Waals surface area contributed by atoms with E-state index in [2.05, 4.69) is 43.9 Å². The number of alkyl halides is 3. The maximum absolute atomic E-state index is 15.8. The summed E-state index contributed by atoms with van der Waals surface area (Å²) in [6.07, 6.45) is -0.982. The van der Waals surface area contributed by atoms with Crippen molar-refractivity contribution in [1.82, 2.24) is 24.8 Å². The molecule has 2 atom stereocenters. The van der Waals surface area contributed by atoms with Crippen molar-refractivity contribution in [2.75, 3.05) is 49.5 Å². The average molecular weight is 670 g/mol. The molecule has 1 N–H and O–H groups in total. The van der Waals surface area contributed by atoms with Crippen LogP contribution in [0.3, 0.4) is 0 Å². The second kappa shape index (κ2) is 14.1. The van der Waals surface area contributed by atoms with E-state index in [9.17, 15) is 18.0 Å². The zero-order valence-electron chi connectivity index (χ0n) is 25.3. The molecular formula is C30H36ClF4N7O2S. The number of anilines is 3. The minimum Gasteiger partial charge on any atom is -0.466 e. The van der Waals surface area contributed by atoms with Gasteiger partial charge in [-0.05, 0) is 51.8 Å². The number of benzene rings is 1. The summed E-state index contributed by atoms with van der Waals surface area (Å²) in [5.74, 6) is -0.841. The zero-order chi connectivity index (χ0) is 32.3. The van der Waals surface area contributed by atoms with Crippen LogP contribution in [0.5, 0.6) is 0 Å². The number of hydrogen-bond acceptors (Lipinski definition) is 10. The van der Waals surface area contributed by atoms with Crippen LogP contribution in [-0.4, -0.2) is 82.1 Å². The van der Waals surface area contributed by atoms with Crippen molar-refractivity contribution >= 4 is 45.7 Å². The molecule has 0 bridgehead atoms. The second-order valence-corrected chi connectivity index (χ2v) is 12.9. The van der Waals surface area contributed by atoms with Crippen LogP contribution >= 0.6 is 22.9 Å². The number of hydrogen-bond donors (Lipinski definition) is 1. The van der Waals surface area contributed by atoms with Gasteiger partial charge in [0.15, 0.2) is 16.8 Å². The highest BCUT2D eigenvalue weighted by atomic mass is 35.5. The minimum absolute atomic E-state index is 0.0522. The molecule has 3 aromatic rings. The van der Waals surface area contributed by atoms with Gasteiger partial charge < -0.3 is 15.0 Å². The lowest BCUT2D eigenvalue weighted by Crippen LogP contribution is -2.47. The highest BCUT2D eigenvalue weighted by Crippen LogP contribution is 2.40. The number of nitrogens with one attached hydrogen (secondary N) is 1. The maximum atomic E-state index is 15.8. The Labute approximate surface area is 268 Å². The molecule has 15 heteroatoms. The van der Waals surface area contributed by atoms with Crippen LogP contribution in [0.1, 0.15) is 50.5 Å². The lowest BCUT2D eigenvalue weighted by atomic mass is 10.1. The normalized spacial score (nSPS) is 19.7. The van der Waals surface area contributed by atoms with E-state index in [0.717, 1.165) is 29.9 Å². The topological polar surface area (TPSA) is 86.7 Å². The van der Waals surface area contributed by atoms with Gasteiger partial charge in [-0.25, -0.2) is 15.0 Å². The Hall–Kier alpha value is -3.07. The Bertz CT molecular complexity index is 1490. The minimum atomic E-state index is -4.58. The first-order valence-electron chi connectivity index (χ1n) is 15.0. The van der Waals surface area contributed by atoms with Gasteiger partial charge in [-0.15, -0.1) is 0 Å². The summed E-state index contributed by atoms with van der Waals surface area (Å²) in [6.45, 7) is 9.66. The summed E-state index contributed by atoms with van der Waals surface area (Å²) >= 11 is 7.38. The van der Waals surface area contributed by atoms with Crippen LogP contribution < -0.4 is 10.2 Å². The van der Waals surface area contributed by atoms with Crippen molar-refractivity contribution in [2.24, 2.45) is 0 Å². The van der Waals surface area contributed by atoms with Crippen LogP contribution in [0.4, 0.5) is 34.3 Å². The molecule has 9 nitrogen and oxygen atoms in total. The van der Waals surface area contributed by atoms with Gasteiger partial charge in [-0.3, -0.25) is 14.6 Å². The Morgan fingerprint density at radius 1 is 1.11 bits per heavy atom. The number of thiazole rings is 1. The highest BCUT2D eigenvalue weighted by molar-refractivity contribution is 7.16. The van der Waals surface area contributed by atoms with E-state index in [0.29, 0.717) is 75.2 Å². The highest BCUT2D eigenvalue weighted by Gasteiger charge is 2.33. The largest absolute Gasteiger partial charge is 0.466 e. The summed E-state index contributed by atoms with van der Waals surface area (Å²) in [4.78, 5) is 31.6. The Morgan fingerprint density at radius 2 is 1.82 bits per heavy atom. The molecule has 0 radical (unpaired) electrons. The van der Waals surface area contributed by atoms with Gasteiger partial charge in [0.25, 0.3) is 0 Å². The third-order valence-electron chi connectivity index (χ3n) is 8.26. The molecule has 0 saturated carbocycles. The summed E-state index contributed by atoms with van der Waals surface area (Å²) in [5, 5.41) is 3.20. The number of esters is 1. The van der Waals surface area contributed by atoms with Crippen LogP contribution in [-0.2, 0) is 22.3 Å². The molecule has 0 unspecified atom stereocenters. The average Bonchev–Trinajstić information content (AvgIpc) is 3.54. The molecule has 4 heterocycles. The van der Waals surface area contributed by atoms with Crippen molar-refractivity contribution in [1.29, 1.82) is 0 Å². The van der Waals surface area contributed by atoms with Crippen LogP contribution in [0.15, 0.2) is 24.5 Å². The Kier molecular flexibility index (Phi) is 10.5. The van der Waals surface area contributed by atoms with E-state index in [-0.39, 0.29) is 28.2 Å². The number of ether oxygens (including phenoxy) is 1. The van der Waals surface area contributed by atoms with E-state index < -0.39 is 17.6 Å². The Morgan fingerprint density at radius 3 is 2.49 bits per heavy atom. The molecule has 2 fully saturated rings. The molecule has 2 aliphatic rings. The summed E-state index contributed by atoms with van der Waals surface area (Å²) in [6, 6.07) is 3.98. The molecule has 45 heavy (non-hydrogen) atoms. The van der Waals surface area contributed by atoms with Crippen molar-refractivity contribution < 1.29 is 27.1 Å². The molecule has 244 valence electrons. The van der Waals surface area contributed by atoms with E-state index in [1.807, 2.05) is 4.90 Å². The lowest BCUT2D eigenvalue weighted by Gasteiger charge is -2.35. The van der Waals surface area contributed by atoms with E-state index in [1.165, 1.54) is 23.7 Å². The van der Waals surface area contributed by atoms with Crippen LogP contribution in [0.2, 0.25) is 5.02 Å². The fourth-order valence-electron chi connectivity index (χ4n) is 5.79. The first kappa shape index (κ1) is 33.3. The number of aromatic nitrogens is 3. The van der Waals surface area contributed by atoms with Gasteiger partial charge >= 0.3 is 12.1 Å². The third kappa shape index (κ3) is 8.02. The van der Waals surface area contributed by atoms with Gasteiger partial charge in [0.05, 0.1) is 24.3 Å². The standard InChI is InChI=1S/C30H36ClF4N7O2S/c1-4-44-24(43)7-8-40-9-11-41(12-10-40)28-25(32)27(36-17-37-28)39-29-38-26(20-13-21(30(33,34)35)15-22(31)14-20)23(45-29)16-42-18(2)5-6-19(42)3/h13-15,17-19H,4-12,16H2,1-3H3,(H,36,37,38,39)/t18-,19-/m1/s1. The fraction of sp³-hybridized carbons (Fsp3) is 0.533. The summed E-state index contributed by atoms with van der Waals surface area (Å²) in [7, 11) is 0. The number of carbonyl (C=O) groups excluding carboxylic acids is 1. The number of piperazine rings is 1. The SMILES string of the molecule is CCOC(=O)CCN1CCN(c2ncnc(Nc3nc(-c4cc(Cl)cc(C(F)(F)F)c4)c(CN4[C@H](C)CC[C@H]4C)s3)c2F)CC1. The molecule has 0 amide bonds. The molecule has 2 aromatic heterocycles. The fourth-order valence-corrected chi connectivity index (χ4v) is 7.02. The molecular weight excluding hydrogens is 634 g/mol. The van der Waals surface area contributed by atoms with E-state index in [1.54, 1.807) is 6.92 Å². The number of nitrogens with zero attached hydrogens (tertiary/aromatic N) is 6. The summed E-state index contributed by atoms with van der Waals surface area (Å²) < 4.78 is 61.8. The van der Waals surface area contributed by atoms with Crippen molar-refractivity contribution in [3.63, 3.8) is 0 Å². The predicted octanol–water partition coefficient (Wildman–Crippen LogP) is 6.60. The number of carbonyl (C=O) groups is 1. The van der Waals surface area contributed by atoms with Gasteiger partial charge in [0.2, 0.25) is 5.82 Å². The molecule has 5 rings (SSSR count). The second-order valence-electron chi connectivity index (χ2n) is 11.3. The quantitative estimate of drug-likeness (QED) is 0.190. The Balaban J connectivity index is 1.38. The molecule has 0 spiro atoms. The smallest absolute Gasteiger partial charge is 0.416 e. The molecule has 1 aromatic carbocycles.